The van der Waals surface area contributed by atoms with Crippen LogP contribution in [0.1, 0.15) is 30.9 Å². The molecule has 0 saturated carbocycles. The van der Waals surface area contributed by atoms with Gasteiger partial charge in [-0.15, -0.1) is 0 Å². The summed E-state index contributed by atoms with van der Waals surface area (Å²) < 4.78 is 18.2. The molecule has 132 valence electrons. The second-order valence-electron chi connectivity index (χ2n) is 5.91. The Balaban J connectivity index is 1.71. The summed E-state index contributed by atoms with van der Waals surface area (Å²) in [5.41, 5.74) is 6.40. The first-order valence-electron chi connectivity index (χ1n) is 7.99. The molecule has 5 nitrogen and oxygen atoms in total. The standard InChI is InChI=1S/C19H21FN2O3/c1-13(2)15-5-9-17(10-6-15)25-12-19(24)22-21-18(23)11-14-3-7-16(20)8-4-14/h3-10,13H,11-12H2,1-2H3,(H,21,23)(H,22,24). The third kappa shape index (κ3) is 6.25. The maximum Gasteiger partial charge on any atom is 0.276 e. The fourth-order valence-corrected chi connectivity index (χ4v) is 2.11. The van der Waals surface area contributed by atoms with Gasteiger partial charge in [-0.3, -0.25) is 20.4 Å². The van der Waals surface area contributed by atoms with E-state index in [1.54, 1.807) is 12.1 Å². The molecule has 0 aliphatic rings. The number of hydrogen-bond acceptors (Lipinski definition) is 3. The van der Waals surface area contributed by atoms with Crippen LogP contribution in [0, 0.1) is 5.82 Å². The summed E-state index contributed by atoms with van der Waals surface area (Å²) in [6, 6.07) is 13.1. The normalized spacial score (nSPS) is 10.4. The Morgan fingerprint density at radius 2 is 1.56 bits per heavy atom. The van der Waals surface area contributed by atoms with E-state index in [1.807, 2.05) is 12.1 Å². The van der Waals surface area contributed by atoms with Crippen LogP contribution in [0.5, 0.6) is 5.75 Å². The van der Waals surface area contributed by atoms with E-state index in [0.717, 1.165) is 0 Å². The van der Waals surface area contributed by atoms with Crippen molar-refractivity contribution in [2.24, 2.45) is 0 Å². The van der Waals surface area contributed by atoms with Crippen molar-refractivity contribution >= 4 is 11.8 Å². The lowest BCUT2D eigenvalue weighted by molar-refractivity contribution is -0.129. The van der Waals surface area contributed by atoms with Gasteiger partial charge < -0.3 is 4.74 Å². The summed E-state index contributed by atoms with van der Waals surface area (Å²) in [7, 11) is 0. The van der Waals surface area contributed by atoms with Crippen molar-refractivity contribution in [2.75, 3.05) is 6.61 Å². The Morgan fingerprint density at radius 3 is 2.16 bits per heavy atom. The van der Waals surface area contributed by atoms with Gasteiger partial charge in [-0.05, 0) is 41.3 Å². The van der Waals surface area contributed by atoms with Crippen LogP contribution >= 0.6 is 0 Å². The zero-order chi connectivity index (χ0) is 18.2. The summed E-state index contributed by atoms with van der Waals surface area (Å²) in [4.78, 5) is 23.4. The molecule has 6 heteroatoms. The second kappa shape index (κ2) is 8.82. The first kappa shape index (κ1) is 18.4. The largest absolute Gasteiger partial charge is 0.484 e. The van der Waals surface area contributed by atoms with E-state index in [2.05, 4.69) is 24.7 Å². The molecule has 0 spiro atoms. The molecule has 0 atom stereocenters. The number of rotatable bonds is 6. The second-order valence-corrected chi connectivity index (χ2v) is 5.91. The molecular weight excluding hydrogens is 323 g/mol. The molecule has 0 radical (unpaired) electrons. The highest BCUT2D eigenvalue weighted by molar-refractivity contribution is 5.83. The van der Waals surface area contributed by atoms with Crippen LogP contribution in [0.4, 0.5) is 4.39 Å². The van der Waals surface area contributed by atoms with Gasteiger partial charge in [0.2, 0.25) is 5.91 Å². The lowest BCUT2D eigenvalue weighted by atomic mass is 10.0. The average molecular weight is 344 g/mol. The smallest absolute Gasteiger partial charge is 0.276 e. The first-order chi connectivity index (χ1) is 11.9. The quantitative estimate of drug-likeness (QED) is 0.792. The minimum Gasteiger partial charge on any atom is -0.484 e. The third-order valence-electron chi connectivity index (χ3n) is 3.54. The summed E-state index contributed by atoms with van der Waals surface area (Å²) in [5.74, 6) is -0.233. The number of amides is 2. The molecule has 0 aliphatic heterocycles. The molecule has 2 amide bonds. The molecule has 0 aliphatic carbocycles. The van der Waals surface area contributed by atoms with Gasteiger partial charge in [-0.2, -0.15) is 0 Å². The number of carbonyl (C=O) groups is 2. The number of benzene rings is 2. The number of carbonyl (C=O) groups excluding carboxylic acids is 2. The van der Waals surface area contributed by atoms with Crippen LogP contribution < -0.4 is 15.6 Å². The van der Waals surface area contributed by atoms with Gasteiger partial charge in [0.1, 0.15) is 11.6 Å². The zero-order valence-electron chi connectivity index (χ0n) is 14.2. The Kier molecular flexibility index (Phi) is 6.51. The summed E-state index contributed by atoms with van der Waals surface area (Å²) >= 11 is 0. The van der Waals surface area contributed by atoms with Crippen molar-refractivity contribution in [3.05, 3.63) is 65.5 Å². The number of ether oxygens (including phenoxy) is 1. The Hall–Kier alpha value is -2.89. The maximum absolute atomic E-state index is 12.8. The van der Waals surface area contributed by atoms with E-state index in [4.69, 9.17) is 4.74 Å². The predicted octanol–water partition coefficient (Wildman–Crippen LogP) is 2.72. The van der Waals surface area contributed by atoms with Gasteiger partial charge in [-0.1, -0.05) is 38.1 Å². The summed E-state index contributed by atoms with van der Waals surface area (Å²) in [6.45, 7) is 3.98. The molecule has 2 aromatic carbocycles. The van der Waals surface area contributed by atoms with E-state index in [0.29, 0.717) is 17.2 Å². The van der Waals surface area contributed by atoms with Crippen LogP contribution in [0.15, 0.2) is 48.5 Å². The summed E-state index contributed by atoms with van der Waals surface area (Å²) in [6.07, 6.45) is 0.0398. The molecule has 0 bridgehead atoms. The van der Waals surface area contributed by atoms with E-state index >= 15 is 0 Å². The van der Waals surface area contributed by atoms with E-state index in [9.17, 15) is 14.0 Å². The molecule has 25 heavy (non-hydrogen) atoms. The summed E-state index contributed by atoms with van der Waals surface area (Å²) in [5, 5.41) is 0. The number of hydrogen-bond donors (Lipinski definition) is 2. The van der Waals surface area contributed by atoms with Crippen LogP contribution in [-0.2, 0) is 16.0 Å². The highest BCUT2D eigenvalue weighted by Crippen LogP contribution is 2.18. The van der Waals surface area contributed by atoms with Crippen molar-refractivity contribution in [3.63, 3.8) is 0 Å². The molecule has 0 saturated heterocycles. The fourth-order valence-electron chi connectivity index (χ4n) is 2.11. The van der Waals surface area contributed by atoms with Crippen molar-refractivity contribution in [3.8, 4) is 5.75 Å². The Morgan fingerprint density at radius 1 is 0.960 bits per heavy atom. The van der Waals surface area contributed by atoms with E-state index in [1.165, 1.54) is 29.8 Å². The molecular formula is C19H21FN2O3. The minimum absolute atomic E-state index is 0.0398. The molecule has 0 heterocycles. The van der Waals surface area contributed by atoms with Crippen molar-refractivity contribution < 1.29 is 18.7 Å². The maximum atomic E-state index is 12.8. The monoisotopic (exact) mass is 344 g/mol. The van der Waals surface area contributed by atoms with E-state index in [-0.39, 0.29) is 18.8 Å². The van der Waals surface area contributed by atoms with Crippen molar-refractivity contribution in [2.45, 2.75) is 26.2 Å². The Bertz CT molecular complexity index is 712. The first-order valence-corrected chi connectivity index (χ1v) is 7.99. The third-order valence-corrected chi connectivity index (χ3v) is 3.54. The van der Waals surface area contributed by atoms with Crippen molar-refractivity contribution in [1.82, 2.24) is 10.9 Å². The van der Waals surface area contributed by atoms with Crippen LogP contribution in [0.3, 0.4) is 0 Å². The van der Waals surface area contributed by atoms with Crippen molar-refractivity contribution in [1.29, 1.82) is 0 Å². The van der Waals surface area contributed by atoms with Crippen LogP contribution in [0.25, 0.3) is 0 Å². The molecule has 2 rings (SSSR count). The average Bonchev–Trinajstić information content (AvgIpc) is 2.60. The predicted molar refractivity (Wildman–Crippen MR) is 92.4 cm³/mol. The SMILES string of the molecule is CC(C)c1ccc(OCC(=O)NNC(=O)Cc2ccc(F)cc2)cc1. The molecule has 0 fully saturated rings. The number of hydrazine groups is 1. The highest BCUT2D eigenvalue weighted by atomic mass is 19.1. The van der Waals surface area contributed by atoms with E-state index < -0.39 is 11.8 Å². The van der Waals surface area contributed by atoms with Crippen LogP contribution in [0.2, 0.25) is 0 Å². The van der Waals surface area contributed by atoms with Gasteiger partial charge in [0.25, 0.3) is 5.91 Å². The van der Waals surface area contributed by atoms with Gasteiger partial charge in [0.15, 0.2) is 6.61 Å². The van der Waals surface area contributed by atoms with Gasteiger partial charge in [-0.25, -0.2) is 4.39 Å². The topological polar surface area (TPSA) is 67.4 Å². The van der Waals surface area contributed by atoms with Gasteiger partial charge in [0, 0.05) is 0 Å². The number of halogens is 1. The van der Waals surface area contributed by atoms with Gasteiger partial charge >= 0.3 is 0 Å². The molecule has 0 unspecified atom stereocenters. The molecule has 2 aromatic rings. The lowest BCUT2D eigenvalue weighted by Gasteiger charge is -2.10. The zero-order valence-corrected chi connectivity index (χ0v) is 14.2. The minimum atomic E-state index is -0.472. The van der Waals surface area contributed by atoms with Crippen LogP contribution in [-0.4, -0.2) is 18.4 Å². The lowest BCUT2D eigenvalue weighted by Crippen LogP contribution is -2.44. The van der Waals surface area contributed by atoms with Gasteiger partial charge in [0.05, 0.1) is 6.42 Å². The highest BCUT2D eigenvalue weighted by Gasteiger charge is 2.07. The molecule has 0 aromatic heterocycles. The number of nitrogens with one attached hydrogen (secondary N) is 2. The Labute approximate surface area is 146 Å². The molecule has 2 N–H and O–H groups in total. The fraction of sp³-hybridized carbons (Fsp3) is 0.263.